The van der Waals surface area contributed by atoms with Gasteiger partial charge in [0.15, 0.2) is 5.82 Å². The van der Waals surface area contributed by atoms with Crippen LogP contribution in [-0.4, -0.2) is 33.0 Å². The lowest BCUT2D eigenvalue weighted by Gasteiger charge is -2.43. The second-order valence-corrected chi connectivity index (χ2v) is 7.33. The number of nitrogen functional groups attached to an aromatic ring is 1. The van der Waals surface area contributed by atoms with Crippen LogP contribution in [0.2, 0.25) is 5.02 Å². The highest BCUT2D eigenvalue weighted by molar-refractivity contribution is 6.35. The van der Waals surface area contributed by atoms with Crippen LogP contribution < -0.4 is 16.4 Å². The molecule has 1 spiro atoms. The van der Waals surface area contributed by atoms with Crippen molar-refractivity contribution in [2.45, 2.75) is 37.8 Å². The smallest absolute Gasteiger partial charge is 0.271 e. The minimum Gasteiger partial charge on any atom is -0.382 e. The number of nitrogens with zero attached hydrogens (tertiary/aromatic N) is 3. The van der Waals surface area contributed by atoms with Crippen LogP contribution in [0.5, 0.6) is 0 Å². The third-order valence-electron chi connectivity index (χ3n) is 4.98. The fourth-order valence-corrected chi connectivity index (χ4v) is 4.27. The van der Waals surface area contributed by atoms with Gasteiger partial charge < -0.3 is 21.3 Å². The average Bonchev–Trinajstić information content (AvgIpc) is 2.85. The predicted octanol–water partition coefficient (Wildman–Crippen LogP) is 2.56. The molecular weight excluding hydrogens is 363 g/mol. The van der Waals surface area contributed by atoms with Crippen molar-refractivity contribution in [2.24, 2.45) is 0 Å². The van der Waals surface area contributed by atoms with E-state index in [9.17, 15) is 4.79 Å². The number of carbonyl (C=O) groups excluding carboxylic acids is 1. The maximum absolute atomic E-state index is 12.5. The Labute approximate surface area is 155 Å². The Bertz CT molecular complexity index is 800. The summed E-state index contributed by atoms with van der Waals surface area (Å²) in [4.78, 5) is 22.5. The van der Waals surface area contributed by atoms with Crippen molar-refractivity contribution < 1.29 is 4.79 Å². The zero-order valence-corrected chi connectivity index (χ0v) is 15.0. The first kappa shape index (κ1) is 16.5. The van der Waals surface area contributed by atoms with Crippen molar-refractivity contribution in [1.82, 2.24) is 20.2 Å². The maximum atomic E-state index is 12.5. The minimum absolute atomic E-state index is 0.105. The molecule has 4 rings (SSSR count). The van der Waals surface area contributed by atoms with E-state index in [4.69, 9.17) is 28.9 Å². The molecule has 3 heterocycles. The molecule has 7 nitrogen and oxygen atoms in total. The van der Waals surface area contributed by atoms with Gasteiger partial charge in [-0.1, -0.05) is 29.6 Å². The fourth-order valence-electron chi connectivity index (χ4n) is 3.81. The minimum atomic E-state index is -0.347. The van der Waals surface area contributed by atoms with Gasteiger partial charge in [0, 0.05) is 5.70 Å². The van der Waals surface area contributed by atoms with Crippen molar-refractivity contribution in [3.05, 3.63) is 33.9 Å². The average molecular weight is 381 g/mol. The van der Waals surface area contributed by atoms with Crippen LogP contribution in [0.3, 0.4) is 0 Å². The standard InChI is InChI=1S/C16H18Cl2N6O/c17-10-6-9(22-14-11(18)13(19)20-8-21-14)7-24-12(10)15(25)23-16(24)4-2-1-3-5-16/h6,8H,1-5,7H2,(H,23,25)(H3,19,20,21,22). The first-order valence-electron chi connectivity index (χ1n) is 8.24. The van der Waals surface area contributed by atoms with E-state index < -0.39 is 0 Å². The molecule has 2 fully saturated rings. The summed E-state index contributed by atoms with van der Waals surface area (Å²) in [6, 6.07) is 0. The zero-order chi connectivity index (χ0) is 17.6. The van der Waals surface area contributed by atoms with E-state index in [1.165, 1.54) is 12.7 Å². The van der Waals surface area contributed by atoms with E-state index in [-0.39, 0.29) is 22.4 Å². The molecule has 1 saturated heterocycles. The molecule has 0 radical (unpaired) electrons. The fraction of sp³-hybridized carbons (Fsp3) is 0.438. The Morgan fingerprint density at radius 3 is 2.76 bits per heavy atom. The number of halogens is 2. The normalized spacial score (nSPS) is 21.9. The quantitative estimate of drug-likeness (QED) is 0.729. The van der Waals surface area contributed by atoms with Crippen molar-refractivity contribution in [3.8, 4) is 0 Å². The van der Waals surface area contributed by atoms with Gasteiger partial charge in [0.2, 0.25) is 0 Å². The molecule has 25 heavy (non-hydrogen) atoms. The molecule has 3 aliphatic rings. The van der Waals surface area contributed by atoms with E-state index in [0.717, 1.165) is 31.4 Å². The molecule has 0 aromatic carbocycles. The third-order valence-corrected chi connectivity index (χ3v) is 5.64. The summed E-state index contributed by atoms with van der Waals surface area (Å²) in [6.07, 6.45) is 8.28. The number of carbonyl (C=O) groups is 1. The Balaban J connectivity index is 1.66. The highest BCUT2D eigenvalue weighted by Crippen LogP contribution is 2.42. The second kappa shape index (κ2) is 6.07. The van der Waals surface area contributed by atoms with E-state index in [0.29, 0.717) is 23.1 Å². The number of nitrogens with one attached hydrogen (secondary N) is 2. The van der Waals surface area contributed by atoms with Crippen molar-refractivity contribution >= 4 is 40.7 Å². The molecule has 132 valence electrons. The van der Waals surface area contributed by atoms with E-state index in [1.54, 1.807) is 6.08 Å². The van der Waals surface area contributed by atoms with E-state index >= 15 is 0 Å². The number of nitrogens with two attached hydrogens (primary N) is 1. The topological polar surface area (TPSA) is 96.2 Å². The third kappa shape index (κ3) is 2.71. The van der Waals surface area contributed by atoms with Crippen LogP contribution in [-0.2, 0) is 4.79 Å². The van der Waals surface area contributed by atoms with Crippen LogP contribution in [0.15, 0.2) is 28.8 Å². The van der Waals surface area contributed by atoms with E-state index in [1.807, 2.05) is 0 Å². The summed E-state index contributed by atoms with van der Waals surface area (Å²) in [5.74, 6) is 0.524. The predicted molar refractivity (Wildman–Crippen MR) is 96.7 cm³/mol. The van der Waals surface area contributed by atoms with Gasteiger partial charge in [-0.15, -0.1) is 0 Å². The van der Waals surface area contributed by atoms with Gasteiger partial charge in [-0.25, -0.2) is 9.97 Å². The molecule has 0 bridgehead atoms. The summed E-state index contributed by atoms with van der Waals surface area (Å²) in [6.45, 7) is 0.518. The van der Waals surface area contributed by atoms with Gasteiger partial charge in [0.05, 0.1) is 11.6 Å². The Kier molecular flexibility index (Phi) is 4.00. The number of allylic oxidation sites excluding steroid dienone is 2. The number of amides is 1. The molecule has 1 aromatic rings. The lowest BCUT2D eigenvalue weighted by Crippen LogP contribution is -2.54. The molecule has 9 heteroatoms. The van der Waals surface area contributed by atoms with Gasteiger partial charge in [-0.3, -0.25) is 4.79 Å². The number of anilines is 2. The van der Waals surface area contributed by atoms with Crippen molar-refractivity contribution in [2.75, 3.05) is 17.6 Å². The lowest BCUT2D eigenvalue weighted by atomic mass is 9.88. The molecule has 1 aromatic heterocycles. The number of rotatable bonds is 2. The van der Waals surface area contributed by atoms with Crippen molar-refractivity contribution in [3.63, 3.8) is 0 Å². The van der Waals surface area contributed by atoms with Gasteiger partial charge >= 0.3 is 0 Å². The Hall–Kier alpha value is -1.99. The number of aromatic nitrogens is 2. The summed E-state index contributed by atoms with van der Waals surface area (Å²) < 4.78 is 0. The molecule has 0 unspecified atom stereocenters. The zero-order valence-electron chi connectivity index (χ0n) is 13.5. The SMILES string of the molecule is Nc1ncnc(NC2=CC(Cl)=C3C(=O)NC4(CCCCC4)N3C2)c1Cl. The maximum Gasteiger partial charge on any atom is 0.271 e. The Morgan fingerprint density at radius 1 is 1.24 bits per heavy atom. The number of hydrogen-bond donors (Lipinski definition) is 3. The monoisotopic (exact) mass is 380 g/mol. The molecule has 2 aliphatic heterocycles. The van der Waals surface area contributed by atoms with Crippen LogP contribution >= 0.6 is 23.2 Å². The first-order chi connectivity index (χ1) is 12.0. The number of hydrogen-bond acceptors (Lipinski definition) is 6. The second-order valence-electron chi connectivity index (χ2n) is 6.55. The van der Waals surface area contributed by atoms with E-state index in [2.05, 4.69) is 25.5 Å². The highest BCUT2D eigenvalue weighted by atomic mass is 35.5. The lowest BCUT2D eigenvalue weighted by molar-refractivity contribution is -0.117. The summed E-state index contributed by atoms with van der Waals surface area (Å²) in [5, 5.41) is 7.00. The van der Waals surface area contributed by atoms with Gasteiger partial charge in [-0.05, 0) is 31.8 Å². The molecule has 0 atom stereocenters. The molecule has 1 aliphatic carbocycles. The van der Waals surface area contributed by atoms with Crippen LogP contribution in [0.1, 0.15) is 32.1 Å². The summed E-state index contributed by atoms with van der Waals surface area (Å²) in [7, 11) is 0. The first-order valence-corrected chi connectivity index (χ1v) is 8.99. The highest BCUT2D eigenvalue weighted by Gasteiger charge is 2.49. The summed E-state index contributed by atoms with van der Waals surface area (Å²) >= 11 is 12.6. The van der Waals surface area contributed by atoms with Gasteiger partial charge in [0.25, 0.3) is 5.91 Å². The van der Waals surface area contributed by atoms with Crippen LogP contribution in [0.4, 0.5) is 11.6 Å². The van der Waals surface area contributed by atoms with Crippen molar-refractivity contribution in [1.29, 1.82) is 0 Å². The molecular formula is C16H18Cl2N6O. The van der Waals surface area contributed by atoms with Crippen LogP contribution in [0, 0.1) is 0 Å². The van der Waals surface area contributed by atoms with Crippen LogP contribution in [0.25, 0.3) is 0 Å². The number of fused-ring (bicyclic) bond motifs is 2. The molecule has 1 amide bonds. The Morgan fingerprint density at radius 2 is 2.00 bits per heavy atom. The largest absolute Gasteiger partial charge is 0.382 e. The van der Waals surface area contributed by atoms with Gasteiger partial charge in [0.1, 0.15) is 28.5 Å². The molecule has 1 saturated carbocycles. The molecule has 4 N–H and O–H groups in total. The summed E-state index contributed by atoms with van der Waals surface area (Å²) in [5.41, 5.74) is 6.72. The van der Waals surface area contributed by atoms with Gasteiger partial charge in [-0.2, -0.15) is 0 Å².